The van der Waals surface area contributed by atoms with Crippen LogP contribution in [0.25, 0.3) is 11.3 Å². The minimum atomic E-state index is -4.52. The van der Waals surface area contributed by atoms with Gasteiger partial charge < -0.3 is 20.1 Å². The normalized spacial score (nSPS) is 14.1. The van der Waals surface area contributed by atoms with Crippen LogP contribution >= 0.6 is 11.6 Å². The van der Waals surface area contributed by atoms with Crippen LogP contribution in [0.1, 0.15) is 30.8 Å². The molecule has 42 heavy (non-hydrogen) atoms. The second-order valence-corrected chi connectivity index (χ2v) is 11.1. The average molecular weight is 600 g/mol. The number of benzene rings is 3. The fraction of sp³-hybridized carbons (Fsp3) is 0.290. The summed E-state index contributed by atoms with van der Waals surface area (Å²) in [5.74, 6) is 0.631. The van der Waals surface area contributed by atoms with E-state index in [1.807, 2.05) is 49.6 Å². The third kappa shape index (κ3) is 6.23. The highest BCUT2D eigenvalue weighted by Gasteiger charge is 2.34. The number of anilines is 3. The van der Waals surface area contributed by atoms with Gasteiger partial charge in [-0.2, -0.15) is 13.2 Å². The molecule has 1 atom stereocenters. The highest BCUT2D eigenvalue weighted by atomic mass is 35.5. The van der Waals surface area contributed by atoms with E-state index in [1.54, 1.807) is 17.0 Å². The smallest absolute Gasteiger partial charge is 0.372 e. The quantitative estimate of drug-likeness (QED) is 0.212. The lowest BCUT2D eigenvalue weighted by atomic mass is 10.0. The van der Waals surface area contributed by atoms with Gasteiger partial charge in [0.05, 0.1) is 22.8 Å². The fourth-order valence-electron chi connectivity index (χ4n) is 4.92. The van der Waals surface area contributed by atoms with Crippen LogP contribution in [0.15, 0.2) is 66.7 Å². The Kier molecular flexibility index (Phi) is 8.19. The Labute approximate surface area is 246 Å². The molecule has 2 N–H and O–H groups in total. The number of halogens is 5. The van der Waals surface area contributed by atoms with Crippen molar-refractivity contribution in [3.8, 4) is 11.3 Å². The van der Waals surface area contributed by atoms with Crippen LogP contribution in [0.3, 0.4) is 0 Å². The second-order valence-electron chi connectivity index (χ2n) is 10.7. The van der Waals surface area contributed by atoms with E-state index in [0.29, 0.717) is 24.6 Å². The molecule has 0 bridgehead atoms. The van der Waals surface area contributed by atoms with Crippen molar-refractivity contribution in [2.75, 3.05) is 17.2 Å². The third-order valence-electron chi connectivity index (χ3n) is 7.26. The van der Waals surface area contributed by atoms with Gasteiger partial charge in [0.25, 0.3) is 0 Å². The summed E-state index contributed by atoms with van der Waals surface area (Å²) in [5.41, 5.74) is 2.73. The Morgan fingerprint density at radius 2 is 1.69 bits per heavy atom. The predicted molar refractivity (Wildman–Crippen MR) is 156 cm³/mol. The van der Waals surface area contributed by atoms with Crippen molar-refractivity contribution in [3.63, 3.8) is 0 Å². The molecule has 1 aliphatic rings. The highest BCUT2D eigenvalue weighted by Crippen LogP contribution is 2.36. The summed E-state index contributed by atoms with van der Waals surface area (Å²) in [7, 11) is 0. The number of alkyl halides is 3. The van der Waals surface area contributed by atoms with Crippen molar-refractivity contribution in [1.82, 2.24) is 14.5 Å². The first kappa shape index (κ1) is 29.4. The lowest BCUT2D eigenvalue weighted by Gasteiger charge is -2.33. The summed E-state index contributed by atoms with van der Waals surface area (Å²) in [5, 5.41) is 6.40. The van der Waals surface area contributed by atoms with Crippen molar-refractivity contribution in [1.29, 1.82) is 0 Å². The number of fused-ring (bicyclic) bond motifs is 1. The highest BCUT2D eigenvalue weighted by molar-refractivity contribution is 6.33. The van der Waals surface area contributed by atoms with E-state index in [-0.39, 0.29) is 34.9 Å². The maximum Gasteiger partial charge on any atom is 0.416 e. The number of nitrogens with one attached hydrogen (secondary N) is 2. The molecule has 0 spiro atoms. The first-order valence-corrected chi connectivity index (χ1v) is 13.9. The van der Waals surface area contributed by atoms with Gasteiger partial charge >= 0.3 is 6.18 Å². The topological polar surface area (TPSA) is 62.2 Å². The van der Waals surface area contributed by atoms with Crippen LogP contribution in [0.2, 0.25) is 5.02 Å². The molecule has 0 fully saturated rings. The SMILES string of the molecule is Cc1ccc(Nc2c(-c3ccc(F)cc3)nc3n2CCN(C(=O)C(Nc2ccc(C(F)(F)F)cc2Cl)C(C)C)C3)cc1. The van der Waals surface area contributed by atoms with Gasteiger partial charge in [-0.25, -0.2) is 9.37 Å². The van der Waals surface area contributed by atoms with Crippen LogP contribution in [-0.2, 0) is 24.1 Å². The number of imidazole rings is 1. The Bertz CT molecular complexity index is 1580. The molecule has 1 unspecified atom stereocenters. The molecule has 5 rings (SSSR count). The molecule has 3 aromatic carbocycles. The number of aryl methyl sites for hydroxylation is 1. The van der Waals surface area contributed by atoms with Crippen molar-refractivity contribution in [2.24, 2.45) is 5.92 Å². The molecule has 1 aliphatic heterocycles. The van der Waals surface area contributed by atoms with E-state index in [4.69, 9.17) is 16.6 Å². The number of amides is 1. The molecular weight excluding hydrogens is 570 g/mol. The molecular formula is C31H30ClF4N5O. The summed E-state index contributed by atoms with van der Waals surface area (Å²) < 4.78 is 55.0. The number of aromatic nitrogens is 2. The minimum Gasteiger partial charge on any atom is -0.372 e. The number of hydrogen-bond donors (Lipinski definition) is 2. The first-order chi connectivity index (χ1) is 19.9. The zero-order valence-electron chi connectivity index (χ0n) is 23.3. The summed E-state index contributed by atoms with van der Waals surface area (Å²) in [6.45, 7) is 6.77. The Hall–Kier alpha value is -4.05. The van der Waals surface area contributed by atoms with E-state index < -0.39 is 17.8 Å². The number of nitrogens with zero attached hydrogens (tertiary/aromatic N) is 3. The molecule has 0 saturated carbocycles. The lowest BCUT2D eigenvalue weighted by molar-refractivity contribution is -0.137. The summed E-state index contributed by atoms with van der Waals surface area (Å²) in [4.78, 5) is 20.3. The maximum absolute atomic E-state index is 13.8. The van der Waals surface area contributed by atoms with E-state index in [1.165, 1.54) is 18.2 Å². The largest absolute Gasteiger partial charge is 0.416 e. The van der Waals surface area contributed by atoms with E-state index in [0.717, 1.165) is 34.8 Å². The molecule has 2 heterocycles. The summed E-state index contributed by atoms with van der Waals surface area (Å²) >= 11 is 6.17. The van der Waals surface area contributed by atoms with Gasteiger partial charge in [-0.15, -0.1) is 0 Å². The van der Waals surface area contributed by atoms with Crippen molar-refractivity contribution < 1.29 is 22.4 Å². The van der Waals surface area contributed by atoms with Gasteiger partial charge in [-0.3, -0.25) is 4.79 Å². The zero-order chi connectivity index (χ0) is 30.2. The Morgan fingerprint density at radius 1 is 1.00 bits per heavy atom. The van der Waals surface area contributed by atoms with Crippen LogP contribution in [0.5, 0.6) is 0 Å². The monoisotopic (exact) mass is 599 g/mol. The number of rotatable bonds is 7. The van der Waals surface area contributed by atoms with Crippen molar-refractivity contribution in [2.45, 2.75) is 46.1 Å². The Balaban J connectivity index is 1.42. The average Bonchev–Trinajstić information content (AvgIpc) is 3.30. The number of carbonyl (C=O) groups excluding carboxylic acids is 1. The molecule has 4 aromatic rings. The third-order valence-corrected chi connectivity index (χ3v) is 7.57. The molecule has 220 valence electrons. The van der Waals surface area contributed by atoms with Gasteiger partial charge in [0, 0.05) is 24.3 Å². The molecule has 0 aliphatic carbocycles. The van der Waals surface area contributed by atoms with Crippen molar-refractivity contribution >= 4 is 34.7 Å². The van der Waals surface area contributed by atoms with Gasteiger partial charge in [-0.05, 0) is 67.4 Å². The molecule has 1 aromatic heterocycles. The molecule has 0 radical (unpaired) electrons. The van der Waals surface area contributed by atoms with Crippen LogP contribution in [-0.4, -0.2) is 32.9 Å². The zero-order valence-corrected chi connectivity index (χ0v) is 24.0. The molecule has 0 saturated heterocycles. The van der Waals surface area contributed by atoms with Gasteiger partial charge in [0.15, 0.2) is 0 Å². The van der Waals surface area contributed by atoms with Crippen molar-refractivity contribution in [3.05, 3.63) is 94.5 Å². The Morgan fingerprint density at radius 3 is 2.31 bits per heavy atom. The van der Waals surface area contributed by atoms with Gasteiger partial charge in [-0.1, -0.05) is 43.1 Å². The summed E-state index contributed by atoms with van der Waals surface area (Å²) in [6.07, 6.45) is -4.52. The molecule has 11 heteroatoms. The van der Waals surface area contributed by atoms with E-state index >= 15 is 0 Å². The fourth-order valence-corrected chi connectivity index (χ4v) is 5.15. The number of carbonyl (C=O) groups is 1. The summed E-state index contributed by atoms with van der Waals surface area (Å²) in [6, 6.07) is 16.3. The van der Waals surface area contributed by atoms with Gasteiger partial charge in [0.1, 0.15) is 29.2 Å². The molecule has 6 nitrogen and oxygen atoms in total. The van der Waals surface area contributed by atoms with Crippen LogP contribution < -0.4 is 10.6 Å². The van der Waals surface area contributed by atoms with Gasteiger partial charge in [0.2, 0.25) is 5.91 Å². The van der Waals surface area contributed by atoms with E-state index in [2.05, 4.69) is 10.6 Å². The van der Waals surface area contributed by atoms with Crippen LogP contribution in [0.4, 0.5) is 34.8 Å². The maximum atomic E-state index is 13.8. The lowest BCUT2D eigenvalue weighted by Crippen LogP contribution is -2.48. The minimum absolute atomic E-state index is 0.117. The van der Waals surface area contributed by atoms with Crippen LogP contribution in [0, 0.1) is 18.7 Å². The first-order valence-electron chi connectivity index (χ1n) is 13.5. The number of hydrogen-bond acceptors (Lipinski definition) is 4. The predicted octanol–water partition coefficient (Wildman–Crippen LogP) is 7.89. The molecule has 1 amide bonds. The second kappa shape index (κ2) is 11.7. The standard InChI is InChI=1S/C31H30ClF4N5O/c1-18(2)27(38-25-13-8-21(16-24(25)32)31(34,35)36)30(42)40-14-15-41-26(17-40)39-28(20-6-9-22(33)10-7-20)29(41)37-23-11-4-19(3)5-12-23/h4-13,16,18,27,37-38H,14-15,17H2,1-3H3. The van der Waals surface area contributed by atoms with E-state index in [9.17, 15) is 22.4 Å².